The highest BCUT2D eigenvalue weighted by molar-refractivity contribution is 6.47. The second kappa shape index (κ2) is 5.24. The molecule has 78 valence electrons. The Morgan fingerprint density at radius 2 is 1.57 bits per heavy atom. The Labute approximate surface area is 101 Å². The van der Waals surface area contributed by atoms with Gasteiger partial charge in [-0.25, -0.2) is 4.98 Å². The largest absolute Gasteiger partial charge is 0.488 e. The lowest BCUT2D eigenvalue weighted by molar-refractivity contribution is 0.201. The van der Waals surface area contributed by atoms with Crippen molar-refractivity contribution in [2.75, 3.05) is 13.2 Å². The molecule has 0 unspecified atom stereocenters. The summed E-state index contributed by atoms with van der Waals surface area (Å²) >= 11 is 22.8. The summed E-state index contributed by atoms with van der Waals surface area (Å²) in [7, 11) is 0. The number of hydrogen-bond donors (Lipinski definition) is 1. The molecule has 0 aliphatic heterocycles. The van der Waals surface area contributed by atoms with Gasteiger partial charge in [-0.15, -0.1) is 0 Å². The molecule has 0 spiro atoms. The molecule has 0 atom stereocenters. The lowest BCUT2D eigenvalue weighted by Gasteiger charge is -2.09. The fraction of sp³-hybridized carbons (Fsp3) is 0.286. The van der Waals surface area contributed by atoms with Crippen molar-refractivity contribution < 1.29 is 9.84 Å². The lowest BCUT2D eigenvalue weighted by Crippen LogP contribution is -2.03. The second-order valence-corrected chi connectivity index (χ2v) is 3.69. The van der Waals surface area contributed by atoms with Crippen molar-refractivity contribution >= 4 is 46.4 Å². The molecule has 0 aliphatic rings. The predicted molar refractivity (Wildman–Crippen MR) is 56.9 cm³/mol. The molecule has 1 rings (SSSR count). The minimum atomic E-state index is -0.162. The molecule has 0 aromatic carbocycles. The fourth-order valence-electron chi connectivity index (χ4n) is 0.742. The first-order valence-electron chi connectivity index (χ1n) is 3.51. The lowest BCUT2D eigenvalue weighted by atomic mass is 10.4. The van der Waals surface area contributed by atoms with Crippen LogP contribution in [0.5, 0.6) is 5.75 Å². The van der Waals surface area contributed by atoms with Crippen molar-refractivity contribution in [3.63, 3.8) is 0 Å². The number of aliphatic hydroxyl groups excluding tert-OH is 1. The number of rotatable bonds is 3. The van der Waals surface area contributed by atoms with Crippen LogP contribution < -0.4 is 4.74 Å². The van der Waals surface area contributed by atoms with Crippen molar-refractivity contribution in [2.45, 2.75) is 0 Å². The summed E-state index contributed by atoms with van der Waals surface area (Å²) in [6, 6.07) is 0. The summed E-state index contributed by atoms with van der Waals surface area (Å²) < 4.78 is 5.06. The van der Waals surface area contributed by atoms with E-state index in [1.807, 2.05) is 0 Å². The molecule has 14 heavy (non-hydrogen) atoms. The number of hydrogen-bond acceptors (Lipinski definition) is 3. The summed E-state index contributed by atoms with van der Waals surface area (Å²) in [6.45, 7) is -0.111. The van der Waals surface area contributed by atoms with Gasteiger partial charge >= 0.3 is 0 Å². The van der Waals surface area contributed by atoms with Gasteiger partial charge in [0.25, 0.3) is 0 Å². The van der Waals surface area contributed by atoms with Crippen molar-refractivity contribution in [1.29, 1.82) is 0 Å². The smallest absolute Gasteiger partial charge is 0.162 e. The SMILES string of the molecule is OCCOc1c(Cl)c(Cl)nc(Cl)c1Cl. The van der Waals surface area contributed by atoms with E-state index in [0.717, 1.165) is 0 Å². The van der Waals surface area contributed by atoms with Crippen molar-refractivity contribution in [2.24, 2.45) is 0 Å². The van der Waals surface area contributed by atoms with E-state index in [0.29, 0.717) is 0 Å². The minimum Gasteiger partial charge on any atom is -0.488 e. The molecule has 0 fully saturated rings. The fourth-order valence-corrected chi connectivity index (χ4v) is 1.56. The molecule has 1 aromatic heterocycles. The Hall–Kier alpha value is 0.0700. The number of ether oxygens (including phenoxy) is 1. The molecule has 1 heterocycles. The highest BCUT2D eigenvalue weighted by Crippen LogP contribution is 2.40. The zero-order chi connectivity index (χ0) is 10.7. The van der Waals surface area contributed by atoms with E-state index in [4.69, 9.17) is 56.2 Å². The molecule has 0 amide bonds. The van der Waals surface area contributed by atoms with Gasteiger partial charge < -0.3 is 9.84 Å². The maximum Gasteiger partial charge on any atom is 0.162 e. The number of pyridine rings is 1. The van der Waals surface area contributed by atoms with E-state index < -0.39 is 0 Å². The first-order chi connectivity index (χ1) is 6.57. The molecule has 0 saturated carbocycles. The molecule has 1 N–H and O–H groups in total. The minimum absolute atomic E-state index is 0.00834. The standard InChI is InChI=1S/C7H5Cl4NO2/c8-3-5(14-2-1-13)4(9)7(11)12-6(3)10/h13H,1-2H2. The van der Waals surface area contributed by atoms with Gasteiger partial charge in [0.1, 0.15) is 16.7 Å². The monoisotopic (exact) mass is 275 g/mol. The molecule has 3 nitrogen and oxygen atoms in total. The van der Waals surface area contributed by atoms with Crippen LogP contribution in [0.2, 0.25) is 20.4 Å². The normalized spacial score (nSPS) is 10.4. The third kappa shape index (κ3) is 2.55. The van der Waals surface area contributed by atoms with Gasteiger partial charge in [-0.2, -0.15) is 0 Å². The van der Waals surface area contributed by atoms with Crippen LogP contribution in [0.1, 0.15) is 0 Å². The third-order valence-corrected chi connectivity index (χ3v) is 2.74. The van der Waals surface area contributed by atoms with Gasteiger partial charge in [0.05, 0.1) is 6.61 Å². The van der Waals surface area contributed by atoms with Crippen LogP contribution in [0.3, 0.4) is 0 Å². The average Bonchev–Trinajstić information content (AvgIpc) is 2.15. The van der Waals surface area contributed by atoms with E-state index in [1.54, 1.807) is 0 Å². The van der Waals surface area contributed by atoms with E-state index in [-0.39, 0.29) is 39.3 Å². The molecule has 1 aromatic rings. The topological polar surface area (TPSA) is 42.4 Å². The maximum atomic E-state index is 8.56. The molecule has 0 aliphatic carbocycles. The Kier molecular flexibility index (Phi) is 4.54. The number of aliphatic hydroxyl groups is 1. The molecular weight excluding hydrogens is 272 g/mol. The highest BCUT2D eigenvalue weighted by atomic mass is 35.5. The van der Waals surface area contributed by atoms with Crippen molar-refractivity contribution in [3.8, 4) is 5.75 Å². The Balaban J connectivity index is 3.11. The number of nitrogens with zero attached hydrogens (tertiary/aromatic N) is 1. The maximum absolute atomic E-state index is 8.56. The van der Waals surface area contributed by atoms with Crippen molar-refractivity contribution in [3.05, 3.63) is 20.4 Å². The summed E-state index contributed by atoms with van der Waals surface area (Å²) in [4.78, 5) is 3.67. The number of halogens is 4. The zero-order valence-electron chi connectivity index (χ0n) is 6.73. The third-order valence-electron chi connectivity index (χ3n) is 1.29. The summed E-state index contributed by atoms with van der Waals surface area (Å²) in [5.41, 5.74) is 0. The molecule has 0 saturated heterocycles. The Morgan fingerprint density at radius 1 is 1.07 bits per heavy atom. The van der Waals surface area contributed by atoms with Crippen LogP contribution in [-0.4, -0.2) is 23.3 Å². The average molecular weight is 277 g/mol. The Bertz CT molecular complexity index is 319. The zero-order valence-corrected chi connectivity index (χ0v) is 9.75. The van der Waals surface area contributed by atoms with Crippen LogP contribution >= 0.6 is 46.4 Å². The highest BCUT2D eigenvalue weighted by Gasteiger charge is 2.16. The van der Waals surface area contributed by atoms with E-state index >= 15 is 0 Å². The predicted octanol–water partition coefficient (Wildman–Crippen LogP) is 3.07. The molecule has 7 heteroatoms. The second-order valence-electron chi connectivity index (χ2n) is 2.22. The summed E-state index contributed by atoms with van der Waals surface area (Å²) in [5.74, 6) is 0.132. The van der Waals surface area contributed by atoms with E-state index in [1.165, 1.54) is 0 Å². The molecule has 0 bridgehead atoms. The van der Waals surface area contributed by atoms with Gasteiger partial charge in [-0.05, 0) is 0 Å². The van der Waals surface area contributed by atoms with Gasteiger partial charge in [0, 0.05) is 0 Å². The van der Waals surface area contributed by atoms with Crippen LogP contribution in [0.25, 0.3) is 0 Å². The molecule has 0 radical (unpaired) electrons. The van der Waals surface area contributed by atoms with Gasteiger partial charge in [0.2, 0.25) is 0 Å². The summed E-state index contributed by atoms with van der Waals surface area (Å²) in [6.07, 6.45) is 0. The quantitative estimate of drug-likeness (QED) is 0.863. The first kappa shape index (κ1) is 12.1. The first-order valence-corrected chi connectivity index (χ1v) is 5.02. The van der Waals surface area contributed by atoms with E-state index in [2.05, 4.69) is 4.98 Å². The van der Waals surface area contributed by atoms with Gasteiger partial charge in [-0.1, -0.05) is 46.4 Å². The number of aromatic nitrogens is 1. The van der Waals surface area contributed by atoms with E-state index in [9.17, 15) is 0 Å². The van der Waals surface area contributed by atoms with Crippen LogP contribution in [-0.2, 0) is 0 Å². The van der Waals surface area contributed by atoms with Crippen LogP contribution in [0, 0.1) is 0 Å². The van der Waals surface area contributed by atoms with Gasteiger partial charge in [0.15, 0.2) is 16.1 Å². The molecular formula is C7H5Cl4NO2. The van der Waals surface area contributed by atoms with Crippen molar-refractivity contribution in [1.82, 2.24) is 4.98 Å². The van der Waals surface area contributed by atoms with Crippen LogP contribution in [0.4, 0.5) is 0 Å². The van der Waals surface area contributed by atoms with Crippen LogP contribution in [0.15, 0.2) is 0 Å². The summed E-state index contributed by atoms with van der Waals surface area (Å²) in [5, 5.41) is 8.73. The Morgan fingerprint density at radius 3 is 2.00 bits per heavy atom. The van der Waals surface area contributed by atoms with Gasteiger partial charge in [-0.3, -0.25) is 0 Å².